The quantitative estimate of drug-likeness (QED) is 0.780. The van der Waals surface area contributed by atoms with Crippen LogP contribution in [-0.2, 0) is 0 Å². The van der Waals surface area contributed by atoms with E-state index in [-0.39, 0.29) is 0 Å². The highest BCUT2D eigenvalue weighted by atomic mass is 79.9. The van der Waals surface area contributed by atoms with Gasteiger partial charge in [0.25, 0.3) is 0 Å². The molecule has 15 heavy (non-hydrogen) atoms. The monoisotopic (exact) mass is 270 g/mol. The number of hydrogen-bond donors (Lipinski definition) is 0. The number of ether oxygens (including phenoxy) is 2. The van der Waals surface area contributed by atoms with Crippen LogP contribution < -0.4 is 9.47 Å². The van der Waals surface area contributed by atoms with Crippen LogP contribution in [0.2, 0.25) is 0 Å². The van der Waals surface area contributed by atoms with Crippen LogP contribution in [0.15, 0.2) is 23.8 Å². The first kappa shape index (κ1) is 12.1. The van der Waals surface area contributed by atoms with Gasteiger partial charge in [-0.05, 0) is 24.6 Å². The molecule has 0 radical (unpaired) electrons. The van der Waals surface area contributed by atoms with Crippen LogP contribution in [0.5, 0.6) is 11.5 Å². The normalized spacial score (nSPS) is 11.3. The van der Waals surface area contributed by atoms with Gasteiger partial charge in [0, 0.05) is 5.33 Å². The van der Waals surface area contributed by atoms with Crippen LogP contribution in [0.4, 0.5) is 0 Å². The highest BCUT2D eigenvalue weighted by molar-refractivity contribution is 9.09. The van der Waals surface area contributed by atoms with E-state index < -0.39 is 0 Å². The molecule has 0 aromatic heterocycles. The largest absolute Gasteiger partial charge is 0.493 e. The molecule has 0 heterocycles. The summed E-state index contributed by atoms with van der Waals surface area (Å²) in [5.41, 5.74) is 2.38. The van der Waals surface area contributed by atoms with Gasteiger partial charge in [0.1, 0.15) is 0 Å². The zero-order valence-corrected chi connectivity index (χ0v) is 10.8. The number of hydrogen-bond acceptors (Lipinski definition) is 2. The first-order valence-electron chi connectivity index (χ1n) is 4.66. The highest BCUT2D eigenvalue weighted by Gasteiger charge is 2.02. The third-order valence-electron chi connectivity index (χ3n) is 2.03. The molecule has 0 saturated carbocycles. The van der Waals surface area contributed by atoms with Crippen molar-refractivity contribution in [3.63, 3.8) is 0 Å². The fourth-order valence-electron chi connectivity index (χ4n) is 1.27. The summed E-state index contributed by atoms with van der Waals surface area (Å²) in [7, 11) is 3.28. The van der Waals surface area contributed by atoms with Crippen LogP contribution >= 0.6 is 15.9 Å². The molecule has 0 atom stereocenters. The van der Waals surface area contributed by atoms with Crippen LogP contribution in [0.1, 0.15) is 12.5 Å². The van der Waals surface area contributed by atoms with Crippen molar-refractivity contribution in [2.24, 2.45) is 0 Å². The Morgan fingerprint density at radius 2 is 1.93 bits per heavy atom. The standard InChI is InChI=1S/C12H15BrO2/c1-9(8-13)6-10-4-5-11(14-2)12(7-10)15-3/h4-7H,8H2,1-3H3. The molecular formula is C12H15BrO2. The lowest BCUT2D eigenvalue weighted by atomic mass is 10.1. The number of benzene rings is 1. The maximum absolute atomic E-state index is 5.23. The van der Waals surface area contributed by atoms with E-state index in [1.54, 1.807) is 14.2 Å². The third-order valence-corrected chi connectivity index (χ3v) is 2.92. The van der Waals surface area contributed by atoms with E-state index in [9.17, 15) is 0 Å². The minimum absolute atomic E-state index is 0.756. The Kier molecular flexibility index (Phi) is 4.69. The molecule has 2 nitrogen and oxygen atoms in total. The first-order valence-corrected chi connectivity index (χ1v) is 5.78. The fourth-order valence-corrected chi connectivity index (χ4v) is 1.43. The van der Waals surface area contributed by atoms with Crippen LogP contribution in [0.3, 0.4) is 0 Å². The van der Waals surface area contributed by atoms with Gasteiger partial charge in [-0.2, -0.15) is 0 Å². The Hall–Kier alpha value is -0.960. The molecule has 1 rings (SSSR count). The average Bonchev–Trinajstić information content (AvgIpc) is 2.28. The molecule has 3 heteroatoms. The van der Waals surface area contributed by atoms with E-state index in [1.807, 2.05) is 18.2 Å². The fraction of sp³-hybridized carbons (Fsp3) is 0.333. The Balaban J connectivity index is 3.03. The number of allylic oxidation sites excluding steroid dienone is 1. The van der Waals surface area contributed by atoms with Crippen molar-refractivity contribution in [3.8, 4) is 11.5 Å². The maximum atomic E-state index is 5.23. The van der Waals surface area contributed by atoms with E-state index in [2.05, 4.69) is 28.9 Å². The van der Waals surface area contributed by atoms with Crippen molar-refractivity contribution in [1.82, 2.24) is 0 Å². The van der Waals surface area contributed by atoms with Gasteiger partial charge in [-0.3, -0.25) is 0 Å². The summed E-state index contributed by atoms with van der Waals surface area (Å²) in [4.78, 5) is 0. The zero-order chi connectivity index (χ0) is 11.3. The Bertz CT molecular complexity index is 359. The van der Waals surface area contributed by atoms with Crippen molar-refractivity contribution < 1.29 is 9.47 Å². The molecule has 0 aliphatic heterocycles. The Morgan fingerprint density at radius 3 is 2.47 bits per heavy atom. The van der Waals surface area contributed by atoms with E-state index in [0.717, 1.165) is 22.4 Å². The maximum Gasteiger partial charge on any atom is 0.161 e. The average molecular weight is 271 g/mol. The summed E-state index contributed by atoms with van der Waals surface area (Å²) < 4.78 is 10.4. The lowest BCUT2D eigenvalue weighted by Crippen LogP contribution is -1.90. The highest BCUT2D eigenvalue weighted by Crippen LogP contribution is 2.28. The van der Waals surface area contributed by atoms with Crippen LogP contribution in [0.25, 0.3) is 6.08 Å². The minimum atomic E-state index is 0.756. The number of rotatable bonds is 4. The molecule has 0 aliphatic carbocycles. The number of alkyl halides is 1. The molecule has 1 aromatic rings. The topological polar surface area (TPSA) is 18.5 Å². The lowest BCUT2D eigenvalue weighted by molar-refractivity contribution is 0.355. The summed E-state index contributed by atoms with van der Waals surface area (Å²) in [6, 6.07) is 5.88. The summed E-state index contributed by atoms with van der Waals surface area (Å²) >= 11 is 3.41. The predicted molar refractivity (Wildman–Crippen MR) is 67.0 cm³/mol. The molecule has 0 fully saturated rings. The second-order valence-corrected chi connectivity index (χ2v) is 3.80. The van der Waals surface area contributed by atoms with Gasteiger partial charge in [0.05, 0.1) is 14.2 Å². The van der Waals surface area contributed by atoms with E-state index in [4.69, 9.17) is 9.47 Å². The second kappa shape index (κ2) is 5.81. The minimum Gasteiger partial charge on any atom is -0.493 e. The summed E-state index contributed by atoms with van der Waals surface area (Å²) in [5.74, 6) is 1.51. The summed E-state index contributed by atoms with van der Waals surface area (Å²) in [6.07, 6.45) is 2.11. The van der Waals surface area contributed by atoms with Gasteiger partial charge in [0.2, 0.25) is 0 Å². The second-order valence-electron chi connectivity index (χ2n) is 3.24. The molecule has 0 aliphatic rings. The van der Waals surface area contributed by atoms with Gasteiger partial charge in [-0.1, -0.05) is 33.6 Å². The van der Waals surface area contributed by atoms with Gasteiger partial charge in [0.15, 0.2) is 11.5 Å². The summed E-state index contributed by atoms with van der Waals surface area (Å²) in [6.45, 7) is 2.07. The molecule has 0 spiro atoms. The van der Waals surface area contributed by atoms with Crippen molar-refractivity contribution in [3.05, 3.63) is 29.3 Å². The van der Waals surface area contributed by atoms with Crippen LogP contribution in [0, 0.1) is 0 Å². The first-order chi connectivity index (χ1) is 7.21. The molecule has 82 valence electrons. The summed E-state index contributed by atoms with van der Waals surface area (Å²) in [5, 5.41) is 0.876. The lowest BCUT2D eigenvalue weighted by Gasteiger charge is -2.08. The predicted octanol–water partition coefficient (Wildman–Crippen LogP) is 3.50. The Labute approximate surface area is 99.0 Å². The molecule has 1 aromatic carbocycles. The molecule has 0 unspecified atom stereocenters. The number of methoxy groups -OCH3 is 2. The molecule has 0 amide bonds. The van der Waals surface area contributed by atoms with Gasteiger partial charge in [-0.15, -0.1) is 0 Å². The van der Waals surface area contributed by atoms with E-state index >= 15 is 0 Å². The van der Waals surface area contributed by atoms with Crippen LogP contribution in [-0.4, -0.2) is 19.5 Å². The van der Waals surface area contributed by atoms with Gasteiger partial charge < -0.3 is 9.47 Å². The molecular weight excluding hydrogens is 256 g/mol. The third kappa shape index (κ3) is 3.27. The van der Waals surface area contributed by atoms with Crippen molar-refractivity contribution in [2.45, 2.75) is 6.92 Å². The van der Waals surface area contributed by atoms with Crippen molar-refractivity contribution in [2.75, 3.05) is 19.5 Å². The smallest absolute Gasteiger partial charge is 0.161 e. The molecule has 0 bridgehead atoms. The van der Waals surface area contributed by atoms with E-state index in [1.165, 1.54) is 5.57 Å². The molecule has 0 saturated heterocycles. The Morgan fingerprint density at radius 1 is 1.27 bits per heavy atom. The molecule has 0 N–H and O–H groups in total. The van der Waals surface area contributed by atoms with Crippen molar-refractivity contribution in [1.29, 1.82) is 0 Å². The SMILES string of the molecule is COc1ccc(C=C(C)CBr)cc1OC. The van der Waals surface area contributed by atoms with Crippen molar-refractivity contribution >= 4 is 22.0 Å². The zero-order valence-electron chi connectivity index (χ0n) is 9.21. The van der Waals surface area contributed by atoms with Gasteiger partial charge >= 0.3 is 0 Å². The van der Waals surface area contributed by atoms with Gasteiger partial charge in [-0.25, -0.2) is 0 Å². The number of halogens is 1. The van der Waals surface area contributed by atoms with E-state index in [0.29, 0.717) is 0 Å².